The van der Waals surface area contributed by atoms with E-state index in [0.717, 1.165) is 24.5 Å². The number of sulfonamides is 1. The maximum atomic E-state index is 12.6. The number of hydrogen-bond donors (Lipinski definition) is 2. The summed E-state index contributed by atoms with van der Waals surface area (Å²) in [7, 11) is -3.07. The van der Waals surface area contributed by atoms with E-state index >= 15 is 0 Å². The van der Waals surface area contributed by atoms with E-state index in [1.54, 1.807) is 48.5 Å². The molecule has 0 aromatic heterocycles. The van der Waals surface area contributed by atoms with Crippen LogP contribution in [0.2, 0.25) is 0 Å². The molecule has 1 aliphatic heterocycles. The zero-order chi connectivity index (χ0) is 29.2. The van der Waals surface area contributed by atoms with Crippen LogP contribution in [0.4, 0.5) is 14.4 Å². The Kier molecular flexibility index (Phi) is 10.3. The molecule has 1 saturated heterocycles. The lowest BCUT2D eigenvalue weighted by atomic mass is 9.94. The van der Waals surface area contributed by atoms with Crippen molar-refractivity contribution in [2.24, 2.45) is 10.9 Å². The van der Waals surface area contributed by atoms with E-state index in [4.69, 9.17) is 9.47 Å². The summed E-state index contributed by atoms with van der Waals surface area (Å²) in [5, 5.41) is 4.73. The van der Waals surface area contributed by atoms with Crippen LogP contribution in [0.15, 0.2) is 65.7 Å². The van der Waals surface area contributed by atoms with Gasteiger partial charge in [-0.3, -0.25) is 15.6 Å². The molecule has 0 saturated carbocycles. The molecule has 2 N–H and O–H groups in total. The molecule has 40 heavy (non-hydrogen) atoms. The van der Waals surface area contributed by atoms with Gasteiger partial charge in [-0.05, 0) is 24.0 Å². The lowest BCUT2D eigenvalue weighted by Crippen LogP contribution is -2.72. The number of benzene rings is 2. The molecular weight excluding hydrogens is 544 g/mol. The molecule has 0 radical (unpaired) electrons. The number of nitrogens with zero attached hydrogens (tertiary/aromatic N) is 2. The van der Waals surface area contributed by atoms with E-state index in [1.165, 1.54) is 0 Å². The smallest absolute Gasteiger partial charge is 0.444 e. The monoisotopic (exact) mass is 575 g/mol. The minimum absolute atomic E-state index is 0.0112. The van der Waals surface area contributed by atoms with Crippen LogP contribution in [0.1, 0.15) is 24.0 Å². The van der Waals surface area contributed by atoms with Crippen molar-refractivity contribution in [1.82, 2.24) is 10.6 Å². The number of ether oxygens (including phenoxy) is 3. The van der Waals surface area contributed by atoms with Gasteiger partial charge in [-0.25, -0.2) is 14.4 Å². The Morgan fingerprint density at radius 2 is 1.43 bits per heavy atom. The summed E-state index contributed by atoms with van der Waals surface area (Å²) in [5.74, 6) is -1.70. The van der Waals surface area contributed by atoms with Gasteiger partial charge in [0.05, 0.1) is 13.4 Å². The maximum Gasteiger partial charge on any atom is 0.539 e. The number of guanidine groups is 1. The molecule has 0 aliphatic carbocycles. The molecule has 13 nitrogen and oxygen atoms in total. The van der Waals surface area contributed by atoms with Gasteiger partial charge >= 0.3 is 34.2 Å². The van der Waals surface area contributed by atoms with Gasteiger partial charge in [0, 0.05) is 6.54 Å². The number of imide groups is 1. The van der Waals surface area contributed by atoms with Crippen molar-refractivity contribution in [2.75, 3.05) is 26.5 Å². The second-order valence-electron chi connectivity index (χ2n) is 8.91. The highest BCUT2D eigenvalue weighted by molar-refractivity contribution is 7.85. The van der Waals surface area contributed by atoms with Gasteiger partial charge in [-0.1, -0.05) is 64.6 Å². The predicted molar refractivity (Wildman–Crippen MR) is 142 cm³/mol. The van der Waals surface area contributed by atoms with Crippen LogP contribution in [0.5, 0.6) is 0 Å². The van der Waals surface area contributed by atoms with E-state index in [2.05, 4.69) is 20.4 Å². The molecule has 0 bridgehead atoms. The summed E-state index contributed by atoms with van der Waals surface area (Å²) >= 11 is 0. The summed E-state index contributed by atoms with van der Waals surface area (Å²) in [4.78, 5) is 53.5. The van der Waals surface area contributed by atoms with Crippen LogP contribution < -0.4 is 10.6 Å². The number of carbonyl (C=O) groups is 4. The molecule has 2 aromatic carbocycles. The van der Waals surface area contributed by atoms with E-state index in [-0.39, 0.29) is 45.1 Å². The average molecular weight is 576 g/mol. The molecule has 0 spiro atoms. The lowest BCUT2D eigenvalue weighted by molar-refractivity contribution is -0.694. The Hall–Kier alpha value is -4.30. The van der Waals surface area contributed by atoms with Crippen LogP contribution >= 0.6 is 0 Å². The van der Waals surface area contributed by atoms with Gasteiger partial charge in [0.15, 0.2) is 0 Å². The van der Waals surface area contributed by atoms with Gasteiger partial charge in [0.1, 0.15) is 25.7 Å². The first-order valence-electron chi connectivity index (χ1n) is 12.3. The second-order valence-corrected chi connectivity index (χ2v) is 11.0. The van der Waals surface area contributed by atoms with Gasteiger partial charge in [-0.15, -0.1) is 0 Å². The van der Waals surface area contributed by atoms with Crippen LogP contribution in [-0.4, -0.2) is 68.9 Å². The first-order valence-corrected chi connectivity index (χ1v) is 14.1. The highest BCUT2D eigenvalue weighted by atomic mass is 32.2. The Bertz CT molecular complexity index is 1290. The van der Waals surface area contributed by atoms with Crippen molar-refractivity contribution in [1.29, 1.82) is 0 Å². The number of alkyl carbamates (subject to hydrolysis) is 2. The molecule has 14 heteroatoms. The third-order valence-corrected chi connectivity index (χ3v) is 7.68. The fraction of sp³-hybridized carbons (Fsp3) is 0.346. The molecule has 3 rings (SSSR count). The Balaban J connectivity index is 1.57. The van der Waals surface area contributed by atoms with Crippen LogP contribution in [-0.2, 0) is 42.2 Å². The first kappa shape index (κ1) is 30.2. The Morgan fingerprint density at radius 3 is 1.85 bits per heavy atom. The number of amides is 4. The summed E-state index contributed by atoms with van der Waals surface area (Å²) in [6.45, 7) is -0.214. The van der Waals surface area contributed by atoms with Crippen LogP contribution in [0.25, 0.3) is 0 Å². The Labute approximate surface area is 231 Å². The Morgan fingerprint density at radius 1 is 0.925 bits per heavy atom. The number of likely N-dealkylation sites (tertiary alicyclic amines) is 1. The number of nitrogens with one attached hydrogen (secondary N) is 2. The highest BCUT2D eigenvalue weighted by Gasteiger charge is 2.67. The van der Waals surface area contributed by atoms with Gasteiger partial charge in [0.2, 0.25) is 5.96 Å². The zero-order valence-electron chi connectivity index (χ0n) is 22.1. The number of methoxy groups -OCH3 is 1. The zero-order valence-corrected chi connectivity index (χ0v) is 22.9. The number of β-lactam (4-membered cyclic amide) rings is 1. The highest BCUT2D eigenvalue weighted by Crippen LogP contribution is 2.35. The van der Waals surface area contributed by atoms with Crippen molar-refractivity contribution < 1.29 is 45.7 Å². The number of aliphatic imine (C=N–C) groups is 1. The van der Waals surface area contributed by atoms with E-state index < -0.39 is 44.0 Å². The first-order chi connectivity index (χ1) is 19.1. The molecule has 0 unspecified atom stereocenters. The molecule has 1 fully saturated rings. The molecule has 1 heterocycles. The molecule has 2 aromatic rings. The van der Waals surface area contributed by atoms with Crippen LogP contribution in [0.3, 0.4) is 0 Å². The topological polar surface area (TPSA) is 167 Å². The van der Waals surface area contributed by atoms with Crippen LogP contribution in [0, 0.1) is 5.92 Å². The van der Waals surface area contributed by atoms with Crippen molar-refractivity contribution in [3.63, 3.8) is 0 Å². The van der Waals surface area contributed by atoms with Crippen molar-refractivity contribution in [3.05, 3.63) is 71.8 Å². The minimum atomic E-state index is -4.08. The van der Waals surface area contributed by atoms with E-state index in [0.29, 0.717) is 0 Å². The maximum absolute atomic E-state index is 12.6. The van der Waals surface area contributed by atoms with Crippen molar-refractivity contribution in [3.8, 4) is 0 Å². The number of quaternary nitrogens is 1. The van der Waals surface area contributed by atoms with Gasteiger partial charge in [0.25, 0.3) is 0 Å². The number of hydrogen-bond acceptors (Lipinski definition) is 10. The van der Waals surface area contributed by atoms with Gasteiger partial charge in [-0.2, -0.15) is 13.2 Å². The standard InChI is InChI=1S/C26H30N4O9S/c1-37-26(34)30(40(2,35)36)16-21(22(30)31)14-9-15-27-23(28-24(32)38-17-19-10-5-3-6-11-19)29-25(33)39-18-20-12-7-4-8-13-20/h3-8,10-13,21H,9,14-18H2,1-2H3,(H-,27,28,29,32,33)/p+1/t21-,30-/m1/s1. The normalized spacial score (nSPS) is 18.1. The summed E-state index contributed by atoms with van der Waals surface area (Å²) in [6, 6.07) is 17.9. The minimum Gasteiger partial charge on any atom is -0.444 e. The predicted octanol–water partition coefficient (Wildman–Crippen LogP) is 2.67. The SMILES string of the molecule is COC(=O)[N@@+]1(S(C)(=O)=O)C[C@@H](CCCN=C(NC(=O)OCc2ccccc2)NC(=O)OCc2ccccc2)C1=O. The van der Waals surface area contributed by atoms with Crippen molar-refractivity contribution >= 4 is 40.2 Å². The molecule has 1 aliphatic rings. The number of carbonyl (C=O) groups excluding carboxylic acids is 4. The van der Waals surface area contributed by atoms with Gasteiger partial charge < -0.3 is 14.2 Å². The van der Waals surface area contributed by atoms with E-state index in [9.17, 15) is 27.6 Å². The third-order valence-electron chi connectivity index (χ3n) is 6.07. The lowest BCUT2D eigenvalue weighted by Gasteiger charge is -2.40. The number of rotatable bonds is 9. The summed E-state index contributed by atoms with van der Waals surface area (Å²) in [5.41, 5.74) is 1.51. The second kappa shape index (κ2) is 13.7. The molecular formula is C26H31N4O9S+. The third kappa shape index (κ3) is 7.64. The molecule has 214 valence electrons. The molecule has 2 atom stereocenters. The average Bonchev–Trinajstić information content (AvgIpc) is 2.94. The fourth-order valence-corrected chi connectivity index (χ4v) is 5.24. The molecule has 4 amide bonds. The summed E-state index contributed by atoms with van der Waals surface area (Å²) < 4.78 is 37.8. The summed E-state index contributed by atoms with van der Waals surface area (Å²) in [6.07, 6.45) is -1.58. The fourth-order valence-electron chi connectivity index (χ4n) is 3.97. The quantitative estimate of drug-likeness (QED) is 0.114. The largest absolute Gasteiger partial charge is 0.539 e. The van der Waals surface area contributed by atoms with Crippen molar-refractivity contribution in [2.45, 2.75) is 26.1 Å². The van der Waals surface area contributed by atoms with E-state index in [1.807, 2.05) is 12.1 Å².